The van der Waals surface area contributed by atoms with E-state index in [4.69, 9.17) is 9.47 Å². The molecule has 1 saturated carbocycles. The largest absolute Gasteiger partial charge is 0.458 e. The lowest BCUT2D eigenvalue weighted by atomic mass is 9.81. The Labute approximate surface area is 155 Å². The van der Waals surface area contributed by atoms with Crippen LogP contribution in [0, 0.1) is 5.92 Å². The van der Waals surface area contributed by atoms with Crippen LogP contribution in [0.2, 0.25) is 0 Å². The van der Waals surface area contributed by atoms with Gasteiger partial charge in [-0.2, -0.15) is 0 Å². The van der Waals surface area contributed by atoms with Gasteiger partial charge in [-0.3, -0.25) is 0 Å². The average molecular weight is 359 g/mol. The first-order valence-electron chi connectivity index (χ1n) is 9.11. The molecule has 0 aromatic heterocycles. The van der Waals surface area contributed by atoms with Gasteiger partial charge in [0.2, 0.25) is 0 Å². The van der Waals surface area contributed by atoms with Crippen molar-refractivity contribution in [1.29, 1.82) is 0 Å². The summed E-state index contributed by atoms with van der Waals surface area (Å²) >= 11 is 0. The second-order valence-electron chi connectivity index (χ2n) is 7.82. The molecule has 1 N–H and O–H groups in total. The first kappa shape index (κ1) is 20.0. The van der Waals surface area contributed by atoms with E-state index in [2.05, 4.69) is 11.9 Å². The number of carbonyl (C=O) groups excluding carboxylic acids is 2. The van der Waals surface area contributed by atoms with E-state index < -0.39 is 23.7 Å². The van der Waals surface area contributed by atoms with Gasteiger partial charge >= 0.3 is 12.1 Å². The highest BCUT2D eigenvalue weighted by molar-refractivity contribution is 5.82. The van der Waals surface area contributed by atoms with Gasteiger partial charge in [-0.1, -0.05) is 42.5 Å². The zero-order valence-corrected chi connectivity index (χ0v) is 15.9. The Balaban J connectivity index is 2.01. The van der Waals surface area contributed by atoms with Crippen molar-refractivity contribution in [2.24, 2.45) is 5.92 Å². The van der Waals surface area contributed by atoms with Crippen LogP contribution in [0.5, 0.6) is 0 Å². The van der Waals surface area contributed by atoms with Crippen LogP contribution in [0.4, 0.5) is 4.79 Å². The van der Waals surface area contributed by atoms with Crippen molar-refractivity contribution in [2.75, 3.05) is 0 Å². The Morgan fingerprint density at radius 3 is 2.58 bits per heavy atom. The number of rotatable bonds is 5. The summed E-state index contributed by atoms with van der Waals surface area (Å²) in [6.07, 6.45) is 2.88. The maximum absolute atomic E-state index is 12.7. The highest BCUT2D eigenvalue weighted by Gasteiger charge is 2.35. The number of nitrogens with one attached hydrogen (secondary N) is 1. The normalized spacial score (nSPS) is 18.7. The fourth-order valence-electron chi connectivity index (χ4n) is 3.10. The maximum atomic E-state index is 12.7. The van der Waals surface area contributed by atoms with Crippen molar-refractivity contribution < 1.29 is 19.1 Å². The third-order valence-corrected chi connectivity index (χ3v) is 4.27. The predicted octanol–water partition coefficient (Wildman–Crippen LogP) is 4.37. The number of amides is 1. The van der Waals surface area contributed by atoms with Gasteiger partial charge in [0.25, 0.3) is 0 Å². The van der Waals surface area contributed by atoms with E-state index in [0.717, 1.165) is 30.4 Å². The molecule has 0 bridgehead atoms. The van der Waals surface area contributed by atoms with Crippen LogP contribution in [0.15, 0.2) is 42.5 Å². The Morgan fingerprint density at radius 2 is 1.96 bits per heavy atom. The van der Waals surface area contributed by atoms with Gasteiger partial charge in [0.15, 0.2) is 0 Å². The molecule has 1 amide bonds. The number of benzene rings is 1. The van der Waals surface area contributed by atoms with Crippen molar-refractivity contribution >= 4 is 12.1 Å². The Bertz CT molecular complexity index is 633. The molecule has 1 fully saturated rings. The summed E-state index contributed by atoms with van der Waals surface area (Å²) in [6, 6.07) is 8.70. The fourth-order valence-corrected chi connectivity index (χ4v) is 3.10. The molecular weight excluding hydrogens is 330 g/mol. The van der Waals surface area contributed by atoms with E-state index in [1.807, 2.05) is 51.1 Å². The van der Waals surface area contributed by atoms with E-state index in [1.54, 1.807) is 0 Å². The van der Waals surface area contributed by atoms with Gasteiger partial charge < -0.3 is 14.8 Å². The lowest BCUT2D eigenvalue weighted by Crippen LogP contribution is -2.49. The standard InChI is InChI=1S/C21H29NO4/c1-15-9-8-12-17(13-15)18(19(23)26-21(2,3)4)22-20(24)25-14-16-10-6-5-7-11-16/h5-7,10-11,17-18H,1,8-9,12-14H2,2-4H3,(H,22,24)/t17-,18-/m0/s1. The number of alkyl carbamates (subject to hydrolysis) is 1. The fraction of sp³-hybridized carbons (Fsp3) is 0.524. The van der Waals surface area contributed by atoms with Gasteiger partial charge in [-0.05, 0) is 57.9 Å². The minimum absolute atomic E-state index is 0.0182. The first-order chi connectivity index (χ1) is 12.2. The molecule has 142 valence electrons. The molecule has 0 unspecified atom stereocenters. The second kappa shape index (κ2) is 8.88. The van der Waals surface area contributed by atoms with Gasteiger partial charge in [0.05, 0.1) is 0 Å². The summed E-state index contributed by atoms with van der Waals surface area (Å²) in [7, 11) is 0. The first-order valence-corrected chi connectivity index (χ1v) is 9.11. The van der Waals surface area contributed by atoms with Crippen molar-refractivity contribution in [3.63, 3.8) is 0 Å². The summed E-state index contributed by atoms with van der Waals surface area (Å²) in [5.74, 6) is -0.441. The molecule has 2 atom stereocenters. The molecular formula is C21H29NO4. The SMILES string of the molecule is C=C1CCC[C@H]([C@H](NC(=O)OCc2ccccc2)C(=O)OC(C)(C)C)C1. The van der Waals surface area contributed by atoms with Crippen molar-refractivity contribution in [2.45, 2.75) is 64.7 Å². The van der Waals surface area contributed by atoms with Crippen LogP contribution in [0.1, 0.15) is 52.0 Å². The summed E-state index contributed by atoms with van der Waals surface area (Å²) in [6.45, 7) is 9.64. The number of carbonyl (C=O) groups is 2. The molecule has 5 nitrogen and oxygen atoms in total. The highest BCUT2D eigenvalue weighted by Crippen LogP contribution is 2.30. The molecule has 0 saturated heterocycles. The number of esters is 1. The smallest absolute Gasteiger partial charge is 0.408 e. The summed E-state index contributed by atoms with van der Waals surface area (Å²) in [5.41, 5.74) is 1.38. The van der Waals surface area contributed by atoms with E-state index >= 15 is 0 Å². The summed E-state index contributed by atoms with van der Waals surface area (Å²) < 4.78 is 10.8. The third-order valence-electron chi connectivity index (χ3n) is 4.27. The summed E-state index contributed by atoms with van der Waals surface area (Å²) in [5, 5.41) is 2.72. The molecule has 0 radical (unpaired) electrons. The number of hydrogen-bond acceptors (Lipinski definition) is 4. The molecule has 0 aliphatic heterocycles. The van der Waals surface area contributed by atoms with Crippen LogP contribution in [-0.2, 0) is 20.9 Å². The molecule has 1 aliphatic carbocycles. The Kier molecular flexibility index (Phi) is 6.83. The predicted molar refractivity (Wildman–Crippen MR) is 100 cm³/mol. The van der Waals surface area contributed by atoms with E-state index in [9.17, 15) is 9.59 Å². The van der Waals surface area contributed by atoms with Crippen molar-refractivity contribution in [3.8, 4) is 0 Å². The quantitative estimate of drug-likeness (QED) is 0.626. The van der Waals surface area contributed by atoms with Crippen LogP contribution in [0.25, 0.3) is 0 Å². The maximum Gasteiger partial charge on any atom is 0.408 e. The molecule has 5 heteroatoms. The third kappa shape index (κ3) is 6.54. The van der Waals surface area contributed by atoms with Crippen LogP contribution in [0.3, 0.4) is 0 Å². The number of allylic oxidation sites excluding steroid dienone is 1. The lowest BCUT2D eigenvalue weighted by molar-refractivity contribution is -0.159. The van der Waals surface area contributed by atoms with Crippen LogP contribution >= 0.6 is 0 Å². The topological polar surface area (TPSA) is 64.6 Å². The van der Waals surface area contributed by atoms with E-state index in [0.29, 0.717) is 6.42 Å². The van der Waals surface area contributed by atoms with Crippen molar-refractivity contribution in [3.05, 3.63) is 48.0 Å². The zero-order chi connectivity index (χ0) is 19.2. The average Bonchev–Trinajstić information content (AvgIpc) is 2.57. The van der Waals surface area contributed by atoms with Gasteiger partial charge in [0, 0.05) is 0 Å². The molecule has 1 aliphatic rings. The minimum Gasteiger partial charge on any atom is -0.458 e. The van der Waals surface area contributed by atoms with E-state index in [1.165, 1.54) is 0 Å². The Morgan fingerprint density at radius 1 is 1.27 bits per heavy atom. The van der Waals surface area contributed by atoms with Crippen LogP contribution in [-0.4, -0.2) is 23.7 Å². The Hall–Kier alpha value is -2.30. The second-order valence-corrected chi connectivity index (χ2v) is 7.82. The minimum atomic E-state index is -0.727. The van der Waals surface area contributed by atoms with E-state index in [-0.39, 0.29) is 12.5 Å². The lowest BCUT2D eigenvalue weighted by Gasteiger charge is -2.32. The molecule has 26 heavy (non-hydrogen) atoms. The zero-order valence-electron chi connectivity index (χ0n) is 15.9. The number of hydrogen-bond donors (Lipinski definition) is 1. The van der Waals surface area contributed by atoms with Crippen LogP contribution < -0.4 is 5.32 Å². The molecule has 0 spiro atoms. The number of ether oxygens (including phenoxy) is 2. The molecule has 0 heterocycles. The van der Waals surface area contributed by atoms with Gasteiger partial charge in [0.1, 0.15) is 18.2 Å². The van der Waals surface area contributed by atoms with Crippen molar-refractivity contribution in [1.82, 2.24) is 5.32 Å². The molecule has 2 rings (SSSR count). The van der Waals surface area contributed by atoms with Gasteiger partial charge in [-0.15, -0.1) is 0 Å². The molecule has 1 aromatic carbocycles. The monoisotopic (exact) mass is 359 g/mol. The molecule has 1 aromatic rings. The van der Waals surface area contributed by atoms with Gasteiger partial charge in [-0.25, -0.2) is 9.59 Å². The summed E-state index contributed by atoms with van der Waals surface area (Å²) in [4.78, 5) is 24.9. The highest BCUT2D eigenvalue weighted by atomic mass is 16.6.